The fourth-order valence-corrected chi connectivity index (χ4v) is 1.33. The van der Waals surface area contributed by atoms with Crippen LogP contribution in [0.15, 0.2) is 0 Å². The second-order valence-electron chi connectivity index (χ2n) is 3.01. The zero-order chi connectivity index (χ0) is 9.45. The second kappa shape index (κ2) is 6.68. The van der Waals surface area contributed by atoms with E-state index in [1.54, 1.807) is 14.2 Å². The number of hydrogen-bond acceptors (Lipinski definition) is 5. The summed E-state index contributed by atoms with van der Waals surface area (Å²) >= 11 is 0.369. The van der Waals surface area contributed by atoms with Gasteiger partial charge in [-0.1, -0.05) is 6.92 Å². The zero-order valence-corrected chi connectivity index (χ0v) is 8.52. The smallest absolute Gasteiger partial charge is 0.155 e. The highest BCUT2D eigenvalue weighted by Crippen LogP contribution is 2.19. The van der Waals surface area contributed by atoms with Crippen molar-refractivity contribution in [3.63, 3.8) is 0 Å². The van der Waals surface area contributed by atoms with Gasteiger partial charge >= 0.3 is 0 Å². The van der Waals surface area contributed by atoms with Gasteiger partial charge in [0, 0.05) is 19.6 Å². The van der Waals surface area contributed by atoms with Gasteiger partial charge in [-0.25, -0.2) is 0 Å². The molecule has 12 heavy (non-hydrogen) atoms. The van der Waals surface area contributed by atoms with Crippen molar-refractivity contribution in [1.82, 2.24) is 0 Å². The summed E-state index contributed by atoms with van der Waals surface area (Å²) in [4.78, 5) is 0. The van der Waals surface area contributed by atoms with E-state index in [2.05, 4.69) is 0 Å². The lowest BCUT2D eigenvalue weighted by Crippen LogP contribution is -2.32. The van der Waals surface area contributed by atoms with Crippen LogP contribution in [0.3, 0.4) is 0 Å². The van der Waals surface area contributed by atoms with Crippen molar-refractivity contribution in [2.45, 2.75) is 6.92 Å². The third-order valence-electron chi connectivity index (χ3n) is 1.45. The van der Waals surface area contributed by atoms with Gasteiger partial charge in [0.2, 0.25) is 0 Å². The summed E-state index contributed by atoms with van der Waals surface area (Å²) in [6, 6.07) is 0. The van der Waals surface area contributed by atoms with Crippen LogP contribution in [0.1, 0.15) is 6.92 Å². The van der Waals surface area contributed by atoms with Crippen LogP contribution >= 0.6 is 12.3 Å². The van der Waals surface area contributed by atoms with Gasteiger partial charge in [-0.2, -0.15) is 0 Å². The SMILES string of the molecule is COCC(C)(COC)COSO. The highest BCUT2D eigenvalue weighted by atomic mass is 32.2. The Kier molecular flexibility index (Phi) is 6.78. The van der Waals surface area contributed by atoms with Crippen LogP contribution in [0, 0.1) is 5.41 Å². The summed E-state index contributed by atoms with van der Waals surface area (Å²) in [6.45, 7) is 3.45. The van der Waals surface area contributed by atoms with Crippen LogP contribution in [0.25, 0.3) is 0 Å². The topological polar surface area (TPSA) is 47.9 Å². The molecule has 0 aromatic heterocycles. The van der Waals surface area contributed by atoms with Crippen molar-refractivity contribution in [1.29, 1.82) is 0 Å². The third-order valence-corrected chi connectivity index (χ3v) is 1.67. The average Bonchev–Trinajstić information content (AvgIpc) is 2.02. The molecular weight excluding hydrogens is 180 g/mol. The molecule has 4 nitrogen and oxygen atoms in total. The molecular formula is C7H16O4S. The largest absolute Gasteiger partial charge is 0.384 e. The molecule has 0 aromatic carbocycles. The van der Waals surface area contributed by atoms with E-state index in [9.17, 15) is 0 Å². The Morgan fingerprint density at radius 1 is 1.17 bits per heavy atom. The van der Waals surface area contributed by atoms with E-state index in [0.717, 1.165) is 0 Å². The maximum absolute atomic E-state index is 8.38. The minimum absolute atomic E-state index is 0.195. The first-order chi connectivity index (χ1) is 5.68. The molecule has 5 heteroatoms. The summed E-state index contributed by atoms with van der Waals surface area (Å²) in [5.74, 6) is 0. The van der Waals surface area contributed by atoms with E-state index in [1.807, 2.05) is 6.92 Å². The van der Waals surface area contributed by atoms with E-state index in [-0.39, 0.29) is 5.41 Å². The molecule has 0 aliphatic heterocycles. The van der Waals surface area contributed by atoms with Gasteiger partial charge in [0.25, 0.3) is 0 Å². The Bertz CT molecular complexity index is 104. The van der Waals surface area contributed by atoms with Crippen LogP contribution in [-0.4, -0.2) is 38.6 Å². The molecule has 0 unspecified atom stereocenters. The molecule has 0 radical (unpaired) electrons. The Hall–Kier alpha value is 0.190. The molecule has 74 valence electrons. The minimum atomic E-state index is -0.195. The molecule has 0 aromatic rings. The van der Waals surface area contributed by atoms with Gasteiger partial charge in [-0.05, 0) is 0 Å². The summed E-state index contributed by atoms with van der Waals surface area (Å²) in [7, 11) is 3.25. The lowest BCUT2D eigenvalue weighted by atomic mass is 9.94. The molecule has 0 atom stereocenters. The fraction of sp³-hybridized carbons (Fsp3) is 1.00. The first-order valence-corrected chi connectivity index (χ1v) is 4.29. The van der Waals surface area contributed by atoms with Gasteiger partial charge in [-0.15, -0.1) is 0 Å². The third kappa shape index (κ3) is 4.95. The number of methoxy groups -OCH3 is 2. The summed E-state index contributed by atoms with van der Waals surface area (Å²) in [6.07, 6.45) is 0. The number of hydrogen-bond donors (Lipinski definition) is 1. The van der Waals surface area contributed by atoms with Crippen LogP contribution < -0.4 is 0 Å². The maximum Gasteiger partial charge on any atom is 0.155 e. The lowest BCUT2D eigenvalue weighted by molar-refractivity contribution is -0.00391. The zero-order valence-electron chi connectivity index (χ0n) is 7.70. The monoisotopic (exact) mass is 196 g/mol. The van der Waals surface area contributed by atoms with Gasteiger partial charge < -0.3 is 14.0 Å². The van der Waals surface area contributed by atoms with E-state index in [1.165, 1.54) is 0 Å². The molecule has 0 spiro atoms. The van der Waals surface area contributed by atoms with Crippen molar-refractivity contribution in [2.75, 3.05) is 34.0 Å². The van der Waals surface area contributed by atoms with Crippen molar-refractivity contribution in [3.8, 4) is 0 Å². The molecule has 0 rings (SSSR count). The molecule has 0 aliphatic carbocycles. The maximum atomic E-state index is 8.38. The number of rotatable bonds is 7. The first-order valence-electron chi connectivity index (χ1n) is 3.59. The highest BCUT2D eigenvalue weighted by Gasteiger charge is 2.25. The van der Waals surface area contributed by atoms with Crippen LogP contribution in [-0.2, 0) is 13.7 Å². The van der Waals surface area contributed by atoms with Crippen LogP contribution in [0.4, 0.5) is 0 Å². The van der Waals surface area contributed by atoms with E-state index in [0.29, 0.717) is 32.1 Å². The molecule has 0 saturated heterocycles. The molecule has 0 heterocycles. The standard InChI is InChI=1S/C7H16O4S/c1-7(4-9-2,5-10-3)6-11-12-8/h8H,4-6H2,1-3H3. The van der Waals surface area contributed by atoms with Crippen molar-refractivity contribution in [3.05, 3.63) is 0 Å². The second-order valence-corrected chi connectivity index (χ2v) is 3.40. The van der Waals surface area contributed by atoms with E-state index < -0.39 is 0 Å². The molecule has 0 bridgehead atoms. The predicted molar refractivity (Wildman–Crippen MR) is 48.0 cm³/mol. The average molecular weight is 196 g/mol. The molecule has 0 aliphatic rings. The van der Waals surface area contributed by atoms with Crippen molar-refractivity contribution in [2.24, 2.45) is 5.41 Å². The molecule has 0 fully saturated rings. The Morgan fingerprint density at radius 3 is 2.00 bits per heavy atom. The molecule has 0 amide bonds. The fourth-order valence-electron chi connectivity index (χ4n) is 0.991. The van der Waals surface area contributed by atoms with Crippen LogP contribution in [0.5, 0.6) is 0 Å². The van der Waals surface area contributed by atoms with E-state index >= 15 is 0 Å². The van der Waals surface area contributed by atoms with Gasteiger partial charge in [-0.3, -0.25) is 4.18 Å². The van der Waals surface area contributed by atoms with Gasteiger partial charge in [0.1, 0.15) is 0 Å². The Balaban J connectivity index is 3.80. The quantitative estimate of drug-likeness (QED) is 0.624. The van der Waals surface area contributed by atoms with Crippen molar-refractivity contribution < 1.29 is 18.2 Å². The molecule has 1 N–H and O–H groups in total. The normalized spacial score (nSPS) is 12.0. The van der Waals surface area contributed by atoms with Crippen molar-refractivity contribution >= 4 is 12.3 Å². The predicted octanol–water partition coefficient (Wildman–Crippen LogP) is 1.42. The molecule has 0 saturated carbocycles. The number of ether oxygens (including phenoxy) is 2. The highest BCUT2D eigenvalue weighted by molar-refractivity contribution is 7.88. The summed E-state index contributed by atoms with van der Waals surface area (Å²) in [5, 5.41) is 0. The van der Waals surface area contributed by atoms with Gasteiger partial charge in [0.05, 0.1) is 19.8 Å². The lowest BCUT2D eigenvalue weighted by Gasteiger charge is -2.26. The van der Waals surface area contributed by atoms with Gasteiger partial charge in [0.15, 0.2) is 12.3 Å². The Labute approximate surface area is 77.6 Å². The summed E-state index contributed by atoms with van der Waals surface area (Å²) in [5.41, 5.74) is -0.195. The van der Waals surface area contributed by atoms with Crippen LogP contribution in [0.2, 0.25) is 0 Å². The van der Waals surface area contributed by atoms with E-state index in [4.69, 9.17) is 18.2 Å². The summed E-state index contributed by atoms with van der Waals surface area (Å²) < 4.78 is 23.2. The Morgan fingerprint density at radius 2 is 1.67 bits per heavy atom. The first kappa shape index (κ1) is 12.2. The minimum Gasteiger partial charge on any atom is -0.384 e.